The molecule has 0 unspecified atom stereocenters. The lowest BCUT2D eigenvalue weighted by molar-refractivity contribution is 1.14. The zero-order chi connectivity index (χ0) is 51.4. The van der Waals surface area contributed by atoms with Crippen LogP contribution >= 0.6 is 22.7 Å². The molecule has 16 aromatic rings. The van der Waals surface area contributed by atoms with Crippen molar-refractivity contribution in [1.82, 2.24) is 9.13 Å². The molecule has 0 aliphatic heterocycles. The standard InChI is InChI=1S/C68H36N4S2/c1-70-62-57(40-21-7-3-8-22-40)52(38-69)63(58(41-23-9-4-10-24-41)65(62)71-53-31-17-29-46-42-25-11-12-26-43(42)47-30-18-32-54(71)61(47)60(46)53)72-64-49(36-35-48-44-27-13-15-33-55(44)73-67(48)64)59-50(39-19-5-2-6-20-39)37-51-45-28-14-16-34-56(45)74-68(51)66(59)72/h2-37H/i17D,29D,31D. The maximum absolute atomic E-state index is 12.4. The molecule has 0 N–H and O–H groups in total. The second kappa shape index (κ2) is 15.5. The Morgan fingerprint density at radius 2 is 1.00 bits per heavy atom. The Morgan fingerprint density at radius 3 is 1.68 bits per heavy atom. The number of hydrogen-bond donors (Lipinski definition) is 0. The van der Waals surface area contributed by atoms with Gasteiger partial charge < -0.3 is 9.13 Å². The average Bonchev–Trinajstić information content (AvgIpc) is 4.43. The Bertz CT molecular complexity index is 5330. The lowest BCUT2D eigenvalue weighted by Gasteiger charge is -2.26. The zero-order valence-corrected chi connectivity index (χ0v) is 40.8. The SMILES string of the molecule is [2H]c1c([2H])c2c3ccccc3c3cccc4c3c2c(c1[2H])n4-c1c([N+]#[C-])c(-c2ccccc2)c(C#N)c(-n2c3c(ccc4c5ccccc5sc43)c3c(-c4ccccc4)cc4c5ccccc5sc4c32)c1-c1ccccc1. The summed E-state index contributed by atoms with van der Waals surface area (Å²) in [7, 11) is 0. The highest BCUT2D eigenvalue weighted by atomic mass is 32.1. The molecule has 16 rings (SSSR count). The Hall–Kier alpha value is -9.56. The maximum atomic E-state index is 12.4. The van der Waals surface area contributed by atoms with Crippen LogP contribution in [0.5, 0.6) is 0 Å². The normalized spacial score (nSPS) is 12.6. The Kier molecular flexibility index (Phi) is 7.98. The maximum Gasteiger partial charge on any atom is 0.220 e. The monoisotopic (exact) mass is 975 g/mol. The number of hydrogen-bond acceptors (Lipinski definition) is 3. The third-order valence-electron chi connectivity index (χ3n) is 15.3. The molecule has 0 aliphatic carbocycles. The topological polar surface area (TPSA) is 38.0 Å². The highest BCUT2D eigenvalue weighted by molar-refractivity contribution is 7.27. The van der Waals surface area contributed by atoms with Crippen molar-refractivity contribution in [1.29, 1.82) is 5.26 Å². The van der Waals surface area contributed by atoms with E-state index < -0.39 is 0 Å². The van der Waals surface area contributed by atoms with Crippen molar-refractivity contribution < 1.29 is 4.11 Å². The molecule has 340 valence electrons. The first kappa shape index (κ1) is 38.2. The lowest BCUT2D eigenvalue weighted by Crippen LogP contribution is -2.09. The first-order valence-electron chi connectivity index (χ1n) is 26.0. The number of aromatic nitrogens is 2. The Morgan fingerprint density at radius 1 is 0.446 bits per heavy atom. The first-order valence-corrected chi connectivity index (χ1v) is 26.2. The van der Waals surface area contributed by atoms with Crippen LogP contribution in [0.4, 0.5) is 5.69 Å². The molecule has 4 heterocycles. The van der Waals surface area contributed by atoms with Crippen molar-refractivity contribution in [3.8, 4) is 50.8 Å². The van der Waals surface area contributed by atoms with Gasteiger partial charge in [0.1, 0.15) is 6.07 Å². The van der Waals surface area contributed by atoms with Crippen LogP contribution in [-0.2, 0) is 0 Å². The van der Waals surface area contributed by atoms with E-state index in [2.05, 4.69) is 137 Å². The third kappa shape index (κ3) is 5.43. The molecule has 74 heavy (non-hydrogen) atoms. The van der Waals surface area contributed by atoms with Crippen LogP contribution in [0.25, 0.3) is 155 Å². The first-order chi connectivity index (χ1) is 37.9. The largest absolute Gasteiger partial charge is 0.318 e. The molecule has 6 heteroatoms. The average molecular weight is 976 g/mol. The number of nitrogens with zero attached hydrogens (tertiary/aromatic N) is 4. The van der Waals surface area contributed by atoms with E-state index in [1.165, 1.54) is 0 Å². The van der Waals surface area contributed by atoms with Crippen LogP contribution < -0.4 is 0 Å². The van der Waals surface area contributed by atoms with Crippen molar-refractivity contribution in [2.45, 2.75) is 0 Å². The lowest BCUT2D eigenvalue weighted by atomic mass is 9.88. The van der Waals surface area contributed by atoms with Crippen LogP contribution in [0.1, 0.15) is 9.68 Å². The molecule has 0 saturated carbocycles. The molecule has 12 aromatic carbocycles. The van der Waals surface area contributed by atoms with Crippen molar-refractivity contribution in [2.75, 3.05) is 0 Å². The second-order valence-electron chi connectivity index (χ2n) is 18.9. The molecule has 0 atom stereocenters. The fourth-order valence-corrected chi connectivity index (χ4v) is 14.8. The van der Waals surface area contributed by atoms with Crippen molar-refractivity contribution >= 4 is 134 Å². The summed E-state index contributed by atoms with van der Waals surface area (Å²) in [5.41, 5.74) is 9.42. The number of thiophene rings is 2. The number of nitriles is 1. The van der Waals surface area contributed by atoms with E-state index in [0.29, 0.717) is 49.9 Å². The van der Waals surface area contributed by atoms with Gasteiger partial charge in [-0.1, -0.05) is 188 Å². The summed E-state index contributed by atoms with van der Waals surface area (Å²) < 4.78 is 38.1. The summed E-state index contributed by atoms with van der Waals surface area (Å²) in [6, 6.07) is 71.2. The molecule has 0 spiro atoms. The minimum absolute atomic E-state index is 0.0121. The zero-order valence-electron chi connectivity index (χ0n) is 42.2. The van der Waals surface area contributed by atoms with E-state index in [9.17, 15) is 15.9 Å². The van der Waals surface area contributed by atoms with Crippen LogP contribution in [0.3, 0.4) is 0 Å². The van der Waals surface area contributed by atoms with E-state index in [-0.39, 0.29) is 23.8 Å². The van der Waals surface area contributed by atoms with Gasteiger partial charge in [0.05, 0.1) is 59.1 Å². The second-order valence-corrected chi connectivity index (χ2v) is 21.0. The highest BCUT2D eigenvalue weighted by Crippen LogP contribution is 2.56. The van der Waals surface area contributed by atoms with E-state index in [1.54, 1.807) is 22.7 Å². The molecule has 4 nitrogen and oxygen atoms in total. The molecule has 4 aromatic heterocycles. The molecule has 0 amide bonds. The van der Waals surface area contributed by atoms with E-state index in [1.807, 2.05) is 83.4 Å². The van der Waals surface area contributed by atoms with Gasteiger partial charge in [0.2, 0.25) is 5.69 Å². The van der Waals surface area contributed by atoms with Crippen LogP contribution in [-0.4, -0.2) is 9.13 Å². The van der Waals surface area contributed by atoms with Gasteiger partial charge in [0.25, 0.3) is 0 Å². The van der Waals surface area contributed by atoms with E-state index in [0.717, 1.165) is 106 Å². The van der Waals surface area contributed by atoms with Crippen LogP contribution in [0.15, 0.2) is 218 Å². The molecule has 0 fully saturated rings. The summed E-state index contributed by atoms with van der Waals surface area (Å²) >= 11 is 3.50. The Labute approximate surface area is 436 Å². The predicted octanol–water partition coefficient (Wildman–Crippen LogP) is 19.8. The fraction of sp³-hybridized carbons (Fsp3) is 0. The number of fused-ring (bicyclic) bond motifs is 14. The van der Waals surface area contributed by atoms with Gasteiger partial charge in [-0.15, -0.1) is 22.7 Å². The Balaban J connectivity index is 1.25. The number of benzene rings is 12. The van der Waals surface area contributed by atoms with E-state index in [4.69, 9.17) is 0 Å². The van der Waals surface area contributed by atoms with Crippen molar-refractivity contribution in [3.63, 3.8) is 0 Å². The minimum Gasteiger partial charge on any atom is -0.318 e. The molecule has 0 saturated heterocycles. The summed E-state index contributed by atoms with van der Waals surface area (Å²) in [5.74, 6) is 0. The smallest absolute Gasteiger partial charge is 0.220 e. The van der Waals surface area contributed by atoms with E-state index >= 15 is 0 Å². The molecule has 0 aliphatic rings. The molecular formula is C68H36N4S2. The summed E-state index contributed by atoms with van der Waals surface area (Å²) in [4.78, 5) is 4.57. The third-order valence-corrected chi connectivity index (χ3v) is 17.7. The van der Waals surface area contributed by atoms with Crippen LogP contribution in [0, 0.1) is 17.9 Å². The highest BCUT2D eigenvalue weighted by Gasteiger charge is 2.34. The van der Waals surface area contributed by atoms with Gasteiger partial charge in [0.15, 0.2) is 0 Å². The molecular weight excluding hydrogens is 937 g/mol. The molecule has 0 bridgehead atoms. The molecule has 0 radical (unpaired) electrons. The minimum atomic E-state index is -0.201. The van der Waals surface area contributed by atoms with Gasteiger partial charge in [-0.3, -0.25) is 0 Å². The van der Waals surface area contributed by atoms with Crippen molar-refractivity contribution in [3.05, 3.63) is 235 Å². The van der Waals surface area contributed by atoms with Gasteiger partial charge >= 0.3 is 0 Å². The van der Waals surface area contributed by atoms with Gasteiger partial charge in [0, 0.05) is 63.6 Å². The van der Waals surface area contributed by atoms with Crippen LogP contribution in [0.2, 0.25) is 0 Å². The van der Waals surface area contributed by atoms with Gasteiger partial charge in [-0.25, -0.2) is 4.85 Å². The number of rotatable bonds is 5. The predicted molar refractivity (Wildman–Crippen MR) is 314 cm³/mol. The van der Waals surface area contributed by atoms with Crippen molar-refractivity contribution in [2.24, 2.45) is 0 Å². The summed E-state index contributed by atoms with van der Waals surface area (Å²) in [6.45, 7) is 9.51. The summed E-state index contributed by atoms with van der Waals surface area (Å²) in [6.07, 6.45) is 0. The van der Waals surface area contributed by atoms with Gasteiger partial charge in [-0.05, 0) is 74.1 Å². The quantitative estimate of drug-likeness (QED) is 0.125. The fourth-order valence-electron chi connectivity index (χ4n) is 12.4. The summed E-state index contributed by atoms with van der Waals surface area (Å²) in [5, 5.41) is 23.8. The van der Waals surface area contributed by atoms with Gasteiger partial charge in [-0.2, -0.15) is 5.26 Å².